The lowest BCUT2D eigenvalue weighted by atomic mass is 10.2. The molecule has 4 nitrogen and oxygen atoms in total. The smallest absolute Gasteiger partial charge is 0.136 e. The highest BCUT2D eigenvalue weighted by Crippen LogP contribution is 2.27. The maximum absolute atomic E-state index is 9.44. The third-order valence-electron chi connectivity index (χ3n) is 3.45. The van der Waals surface area contributed by atoms with Crippen molar-refractivity contribution in [3.63, 3.8) is 0 Å². The zero-order chi connectivity index (χ0) is 17.6. The monoisotopic (exact) mass is 367 g/mol. The summed E-state index contributed by atoms with van der Waals surface area (Å²) >= 11 is 7.34. The third kappa shape index (κ3) is 4.18. The number of ether oxygens (including phenoxy) is 1. The minimum atomic E-state index is 0.466. The molecule has 0 amide bonds. The van der Waals surface area contributed by atoms with E-state index in [1.54, 1.807) is 13.3 Å². The zero-order valence-corrected chi connectivity index (χ0v) is 14.9. The van der Waals surface area contributed by atoms with Crippen LogP contribution in [-0.2, 0) is 0 Å². The molecule has 0 spiro atoms. The van der Waals surface area contributed by atoms with E-state index in [2.05, 4.69) is 16.4 Å². The Morgan fingerprint density at radius 3 is 2.80 bits per heavy atom. The second kappa shape index (κ2) is 7.84. The van der Waals surface area contributed by atoms with Gasteiger partial charge in [0.25, 0.3) is 0 Å². The molecule has 6 heteroatoms. The predicted octanol–water partition coefficient (Wildman–Crippen LogP) is 5.45. The number of nitriles is 1. The van der Waals surface area contributed by atoms with Crippen LogP contribution in [0.3, 0.4) is 0 Å². The van der Waals surface area contributed by atoms with Crippen LogP contribution in [0.5, 0.6) is 5.75 Å². The number of benzene rings is 2. The Hall–Kier alpha value is -2.81. The highest BCUT2D eigenvalue weighted by molar-refractivity contribution is 7.11. The van der Waals surface area contributed by atoms with Crippen molar-refractivity contribution < 1.29 is 4.74 Å². The van der Waals surface area contributed by atoms with Crippen molar-refractivity contribution in [2.75, 3.05) is 12.4 Å². The average molecular weight is 368 g/mol. The van der Waals surface area contributed by atoms with Crippen LogP contribution in [0.25, 0.3) is 16.8 Å². The van der Waals surface area contributed by atoms with Gasteiger partial charge in [-0.3, -0.25) is 0 Å². The number of aromatic nitrogens is 1. The Morgan fingerprint density at radius 1 is 1.28 bits per heavy atom. The predicted molar refractivity (Wildman–Crippen MR) is 103 cm³/mol. The van der Waals surface area contributed by atoms with Gasteiger partial charge in [0.1, 0.15) is 22.4 Å². The molecule has 3 aromatic rings. The fourth-order valence-corrected chi connectivity index (χ4v) is 3.08. The lowest BCUT2D eigenvalue weighted by Gasteiger charge is -2.04. The van der Waals surface area contributed by atoms with Crippen molar-refractivity contribution in [3.8, 4) is 23.1 Å². The first-order chi connectivity index (χ1) is 12.2. The SMILES string of the molecule is COc1cccc(N/C=C(/C#N)c2nc(-c3ccc(Cl)cc3)cs2)c1. The normalized spacial score (nSPS) is 11.0. The van der Waals surface area contributed by atoms with Crippen molar-refractivity contribution in [2.24, 2.45) is 0 Å². The van der Waals surface area contributed by atoms with Gasteiger partial charge in [-0.1, -0.05) is 29.8 Å². The maximum atomic E-state index is 9.44. The Balaban J connectivity index is 1.81. The number of thiazole rings is 1. The molecule has 0 aliphatic heterocycles. The van der Waals surface area contributed by atoms with Gasteiger partial charge in [-0.05, 0) is 24.3 Å². The largest absolute Gasteiger partial charge is 0.497 e. The van der Waals surface area contributed by atoms with Crippen molar-refractivity contribution in [1.29, 1.82) is 5.26 Å². The van der Waals surface area contributed by atoms with Gasteiger partial charge in [-0.25, -0.2) is 4.98 Å². The quantitative estimate of drug-likeness (QED) is 0.609. The van der Waals surface area contributed by atoms with Crippen molar-refractivity contribution in [2.45, 2.75) is 0 Å². The molecule has 1 heterocycles. The van der Waals surface area contributed by atoms with Gasteiger partial charge in [-0.15, -0.1) is 11.3 Å². The van der Waals surface area contributed by atoms with Crippen LogP contribution < -0.4 is 10.1 Å². The lowest BCUT2D eigenvalue weighted by molar-refractivity contribution is 0.415. The summed E-state index contributed by atoms with van der Waals surface area (Å²) < 4.78 is 5.19. The molecule has 2 aromatic carbocycles. The maximum Gasteiger partial charge on any atom is 0.136 e. The van der Waals surface area contributed by atoms with E-state index in [-0.39, 0.29) is 0 Å². The van der Waals surface area contributed by atoms with Gasteiger partial charge >= 0.3 is 0 Å². The summed E-state index contributed by atoms with van der Waals surface area (Å²) in [5.74, 6) is 0.746. The Labute approximate surface area is 155 Å². The summed E-state index contributed by atoms with van der Waals surface area (Å²) in [6.45, 7) is 0. The molecule has 1 N–H and O–H groups in total. The highest BCUT2D eigenvalue weighted by atomic mass is 35.5. The van der Waals surface area contributed by atoms with Crippen LogP contribution in [0.4, 0.5) is 5.69 Å². The fraction of sp³-hybridized carbons (Fsp3) is 0.0526. The average Bonchev–Trinajstić information content (AvgIpc) is 3.13. The number of hydrogen-bond acceptors (Lipinski definition) is 5. The van der Waals surface area contributed by atoms with Crippen molar-refractivity contribution in [1.82, 2.24) is 4.98 Å². The summed E-state index contributed by atoms with van der Waals surface area (Å²) in [4.78, 5) is 4.55. The van der Waals surface area contributed by atoms with Gasteiger partial charge in [0.05, 0.1) is 12.8 Å². The molecule has 25 heavy (non-hydrogen) atoms. The highest BCUT2D eigenvalue weighted by Gasteiger charge is 2.09. The zero-order valence-electron chi connectivity index (χ0n) is 13.4. The number of halogens is 1. The van der Waals surface area contributed by atoms with E-state index < -0.39 is 0 Å². The molecule has 0 saturated heterocycles. The van der Waals surface area contributed by atoms with Gasteiger partial charge in [-0.2, -0.15) is 5.26 Å². The Morgan fingerprint density at radius 2 is 2.08 bits per heavy atom. The summed E-state index contributed by atoms with van der Waals surface area (Å²) in [6.07, 6.45) is 1.65. The first-order valence-electron chi connectivity index (χ1n) is 7.42. The third-order valence-corrected chi connectivity index (χ3v) is 4.58. The number of rotatable bonds is 5. The van der Waals surface area contributed by atoms with E-state index >= 15 is 0 Å². The Kier molecular flexibility index (Phi) is 5.34. The minimum Gasteiger partial charge on any atom is -0.497 e. The van der Waals surface area contributed by atoms with E-state index in [0.29, 0.717) is 15.6 Å². The van der Waals surface area contributed by atoms with Crippen LogP contribution in [-0.4, -0.2) is 12.1 Å². The van der Waals surface area contributed by atoms with Crippen molar-refractivity contribution >= 4 is 34.2 Å². The first-order valence-corrected chi connectivity index (χ1v) is 8.68. The number of allylic oxidation sites excluding steroid dienone is 1. The number of methoxy groups -OCH3 is 1. The van der Waals surface area contributed by atoms with E-state index in [1.807, 2.05) is 53.9 Å². The molecular weight excluding hydrogens is 354 g/mol. The molecule has 0 unspecified atom stereocenters. The van der Waals surface area contributed by atoms with Crippen LogP contribution in [0.2, 0.25) is 5.02 Å². The summed E-state index contributed by atoms with van der Waals surface area (Å²) in [7, 11) is 1.61. The standard InChI is InChI=1S/C19H14ClN3OS/c1-24-17-4-2-3-16(9-17)22-11-14(10-21)19-23-18(12-25-19)13-5-7-15(20)8-6-13/h2-9,11-12,22H,1H3/b14-11-. The van der Waals surface area contributed by atoms with Crippen LogP contribution in [0.1, 0.15) is 5.01 Å². The second-order valence-electron chi connectivity index (χ2n) is 5.09. The molecule has 1 aromatic heterocycles. The van der Waals surface area contributed by atoms with Crippen LogP contribution in [0, 0.1) is 11.3 Å². The lowest BCUT2D eigenvalue weighted by Crippen LogP contribution is -1.92. The second-order valence-corrected chi connectivity index (χ2v) is 6.39. The molecule has 0 atom stereocenters. The van der Waals surface area contributed by atoms with Crippen LogP contribution in [0.15, 0.2) is 60.1 Å². The minimum absolute atomic E-state index is 0.466. The molecule has 0 fully saturated rings. The molecular formula is C19H14ClN3OS. The van der Waals surface area contributed by atoms with Crippen molar-refractivity contribution in [3.05, 3.63) is 70.1 Å². The van der Waals surface area contributed by atoms with Gasteiger partial charge < -0.3 is 10.1 Å². The number of hydrogen-bond donors (Lipinski definition) is 1. The number of anilines is 1. The van der Waals surface area contributed by atoms with Crippen LogP contribution >= 0.6 is 22.9 Å². The molecule has 0 aliphatic rings. The number of nitrogens with zero attached hydrogens (tertiary/aromatic N) is 2. The molecule has 0 bridgehead atoms. The van der Waals surface area contributed by atoms with E-state index in [1.165, 1.54) is 11.3 Å². The topological polar surface area (TPSA) is 57.9 Å². The van der Waals surface area contributed by atoms with E-state index in [4.69, 9.17) is 16.3 Å². The summed E-state index contributed by atoms with van der Waals surface area (Å²) in [5.41, 5.74) is 3.08. The molecule has 0 aliphatic carbocycles. The molecule has 124 valence electrons. The Bertz CT molecular complexity index is 942. The van der Waals surface area contributed by atoms with Gasteiger partial charge in [0.15, 0.2) is 0 Å². The van der Waals surface area contributed by atoms with E-state index in [0.717, 1.165) is 22.7 Å². The number of nitrogens with one attached hydrogen (secondary N) is 1. The fourth-order valence-electron chi connectivity index (χ4n) is 2.16. The molecule has 3 rings (SSSR count). The summed E-state index contributed by atoms with van der Waals surface area (Å²) in [6, 6.07) is 17.1. The van der Waals surface area contributed by atoms with Gasteiger partial charge in [0, 0.05) is 33.9 Å². The first kappa shape index (κ1) is 17.0. The molecule has 0 saturated carbocycles. The van der Waals surface area contributed by atoms with E-state index in [9.17, 15) is 5.26 Å². The van der Waals surface area contributed by atoms with Gasteiger partial charge in [0.2, 0.25) is 0 Å². The molecule has 0 radical (unpaired) electrons. The summed E-state index contributed by atoms with van der Waals surface area (Å²) in [5, 5.41) is 15.8.